The van der Waals surface area contributed by atoms with Crippen LogP contribution in [0, 0.1) is 5.92 Å². The molecule has 1 atom stereocenters. The van der Waals surface area contributed by atoms with Crippen LogP contribution >= 0.6 is 9.24 Å². The Morgan fingerprint density at radius 2 is 1.86 bits per heavy atom. The Labute approximate surface area is 91.1 Å². The third-order valence-electron chi connectivity index (χ3n) is 2.92. The Hall–Kier alpha value is -0.0900. The molecule has 0 amide bonds. The fourth-order valence-electron chi connectivity index (χ4n) is 1.45. The molecule has 0 bridgehead atoms. The van der Waals surface area contributed by atoms with Crippen molar-refractivity contribution in [3.05, 3.63) is 22.8 Å². The molecule has 0 aliphatic heterocycles. The van der Waals surface area contributed by atoms with E-state index >= 15 is 0 Å². The Bertz CT molecular complexity index is 268. The predicted octanol–water partition coefficient (Wildman–Crippen LogP) is 4.33. The Morgan fingerprint density at radius 3 is 2.14 bits per heavy atom. The molecule has 0 aromatic heterocycles. The minimum Gasteiger partial charge on any atom is -0.127 e. The van der Waals surface area contributed by atoms with Gasteiger partial charge in [-0.05, 0) is 31.3 Å². The van der Waals surface area contributed by atoms with Crippen LogP contribution in [0.3, 0.4) is 0 Å². The molecule has 0 heterocycles. The molecule has 1 aliphatic rings. The topological polar surface area (TPSA) is 0 Å². The Kier molecular flexibility index (Phi) is 3.58. The zero-order valence-electron chi connectivity index (χ0n) is 10.1. The molecule has 1 rings (SSSR count). The molecule has 0 radical (unpaired) electrons. The van der Waals surface area contributed by atoms with Gasteiger partial charge in [0.1, 0.15) is 0 Å². The summed E-state index contributed by atoms with van der Waals surface area (Å²) in [6.07, 6.45) is 5.06. The van der Waals surface area contributed by atoms with Crippen LogP contribution in [0.15, 0.2) is 22.8 Å². The van der Waals surface area contributed by atoms with Gasteiger partial charge in [-0.25, -0.2) is 0 Å². The first-order valence-electron chi connectivity index (χ1n) is 5.52. The third-order valence-corrected chi connectivity index (χ3v) is 3.37. The van der Waals surface area contributed by atoms with E-state index in [0.717, 1.165) is 0 Å². The molecular weight excluding hydrogens is 187 g/mol. The summed E-state index contributed by atoms with van der Waals surface area (Å²) in [5, 5.41) is 0.232. The van der Waals surface area contributed by atoms with Gasteiger partial charge in [-0.15, -0.1) is 9.24 Å². The maximum Gasteiger partial charge on any atom is 0.0000823 e. The molecule has 0 nitrogen and oxygen atoms in total. The molecule has 1 unspecified atom stereocenters. The Morgan fingerprint density at radius 1 is 1.36 bits per heavy atom. The average Bonchev–Trinajstić information content (AvgIpc) is 2.79. The van der Waals surface area contributed by atoms with E-state index in [4.69, 9.17) is 0 Å². The van der Waals surface area contributed by atoms with Crippen LogP contribution < -0.4 is 0 Å². The first kappa shape index (κ1) is 12.0. The lowest BCUT2D eigenvalue weighted by molar-refractivity contribution is 0.772. The van der Waals surface area contributed by atoms with Crippen LogP contribution in [0.5, 0.6) is 0 Å². The summed E-state index contributed by atoms with van der Waals surface area (Å²) in [6, 6.07) is 0. The Balaban J connectivity index is 2.89. The first-order valence-corrected chi connectivity index (χ1v) is 6.09. The van der Waals surface area contributed by atoms with Crippen molar-refractivity contribution in [3.8, 4) is 0 Å². The van der Waals surface area contributed by atoms with E-state index < -0.39 is 0 Å². The second kappa shape index (κ2) is 4.19. The minimum atomic E-state index is 0.232. The van der Waals surface area contributed by atoms with Crippen LogP contribution in [0.25, 0.3) is 0 Å². The standard InChI is InChI=1S/C13H23P/c1-9(2)12(11-6-7-11)8-10(3)13(4,5)14/h8-9H,6-7,14H2,1-5H3/b10-8+. The fraction of sp³-hybridized carbons (Fsp3) is 0.692. The number of allylic oxidation sites excluding steroid dienone is 4. The second-order valence-corrected chi connectivity index (χ2v) is 6.71. The zero-order valence-corrected chi connectivity index (χ0v) is 11.3. The van der Waals surface area contributed by atoms with Crippen molar-refractivity contribution in [2.45, 2.75) is 52.6 Å². The zero-order chi connectivity index (χ0) is 10.9. The minimum absolute atomic E-state index is 0.232. The van der Waals surface area contributed by atoms with Gasteiger partial charge < -0.3 is 0 Å². The molecule has 0 aromatic rings. The summed E-state index contributed by atoms with van der Waals surface area (Å²) in [5.74, 6) is 0.676. The summed E-state index contributed by atoms with van der Waals surface area (Å²) in [5.41, 5.74) is 4.72. The second-order valence-electron chi connectivity index (χ2n) is 5.26. The highest BCUT2D eigenvalue weighted by Gasteiger charge is 2.20. The first-order chi connectivity index (χ1) is 6.32. The van der Waals surface area contributed by atoms with E-state index in [9.17, 15) is 0 Å². The van der Waals surface area contributed by atoms with Gasteiger partial charge in [0, 0.05) is 5.16 Å². The third kappa shape index (κ3) is 3.24. The SMILES string of the molecule is C/C(=C\C(=C1CC1)C(C)C)C(C)(C)P. The van der Waals surface area contributed by atoms with Crippen LogP contribution in [0.1, 0.15) is 47.5 Å². The largest absolute Gasteiger partial charge is 0.127 e. The van der Waals surface area contributed by atoms with E-state index in [-0.39, 0.29) is 5.16 Å². The molecule has 0 spiro atoms. The molecule has 0 aromatic carbocycles. The van der Waals surface area contributed by atoms with Crippen LogP contribution in [0.2, 0.25) is 0 Å². The normalized spacial score (nSPS) is 17.6. The molecular formula is C13H23P. The van der Waals surface area contributed by atoms with Crippen molar-refractivity contribution in [2.24, 2.45) is 5.92 Å². The van der Waals surface area contributed by atoms with Gasteiger partial charge in [0.05, 0.1) is 0 Å². The summed E-state index contributed by atoms with van der Waals surface area (Å²) < 4.78 is 0. The van der Waals surface area contributed by atoms with Crippen molar-refractivity contribution in [1.29, 1.82) is 0 Å². The molecule has 80 valence electrons. The quantitative estimate of drug-likeness (QED) is 0.608. The highest BCUT2D eigenvalue weighted by Crippen LogP contribution is 2.37. The van der Waals surface area contributed by atoms with Gasteiger partial charge in [0.25, 0.3) is 0 Å². The van der Waals surface area contributed by atoms with E-state index in [1.54, 1.807) is 11.1 Å². The maximum absolute atomic E-state index is 2.91. The van der Waals surface area contributed by atoms with Crippen LogP contribution in [-0.4, -0.2) is 5.16 Å². The fourth-order valence-corrected chi connectivity index (χ4v) is 1.53. The van der Waals surface area contributed by atoms with E-state index in [1.807, 2.05) is 0 Å². The number of rotatable bonds is 3. The molecule has 1 heteroatoms. The maximum atomic E-state index is 2.91. The van der Waals surface area contributed by atoms with Gasteiger partial charge in [-0.1, -0.05) is 44.9 Å². The molecule has 0 N–H and O–H groups in total. The van der Waals surface area contributed by atoms with Crippen LogP contribution in [0.4, 0.5) is 0 Å². The number of hydrogen-bond acceptors (Lipinski definition) is 0. The van der Waals surface area contributed by atoms with Gasteiger partial charge in [0.2, 0.25) is 0 Å². The highest BCUT2D eigenvalue weighted by molar-refractivity contribution is 7.19. The lowest BCUT2D eigenvalue weighted by atomic mass is 9.95. The van der Waals surface area contributed by atoms with Gasteiger partial charge in [0.15, 0.2) is 0 Å². The van der Waals surface area contributed by atoms with Gasteiger partial charge in [-0.3, -0.25) is 0 Å². The summed E-state index contributed by atoms with van der Waals surface area (Å²) >= 11 is 0. The van der Waals surface area contributed by atoms with Crippen molar-refractivity contribution in [1.82, 2.24) is 0 Å². The van der Waals surface area contributed by atoms with E-state index in [0.29, 0.717) is 5.92 Å². The van der Waals surface area contributed by atoms with Gasteiger partial charge >= 0.3 is 0 Å². The molecule has 1 saturated carbocycles. The molecule has 14 heavy (non-hydrogen) atoms. The number of hydrogen-bond donors (Lipinski definition) is 0. The molecule has 0 saturated heterocycles. The van der Waals surface area contributed by atoms with E-state index in [2.05, 4.69) is 49.9 Å². The summed E-state index contributed by atoms with van der Waals surface area (Å²) in [4.78, 5) is 0. The lowest BCUT2D eigenvalue weighted by Gasteiger charge is -2.20. The lowest BCUT2D eigenvalue weighted by Crippen LogP contribution is -2.11. The van der Waals surface area contributed by atoms with Crippen molar-refractivity contribution < 1.29 is 0 Å². The van der Waals surface area contributed by atoms with Gasteiger partial charge in [-0.2, -0.15) is 0 Å². The smallest absolute Gasteiger partial charge is 0.0000823 e. The van der Waals surface area contributed by atoms with Crippen molar-refractivity contribution >= 4 is 9.24 Å². The summed E-state index contributed by atoms with van der Waals surface area (Å²) in [7, 11) is 2.91. The van der Waals surface area contributed by atoms with Crippen LogP contribution in [-0.2, 0) is 0 Å². The predicted molar refractivity (Wildman–Crippen MR) is 68.6 cm³/mol. The van der Waals surface area contributed by atoms with E-state index in [1.165, 1.54) is 18.4 Å². The van der Waals surface area contributed by atoms with Crippen molar-refractivity contribution in [3.63, 3.8) is 0 Å². The monoisotopic (exact) mass is 210 g/mol. The van der Waals surface area contributed by atoms with Crippen molar-refractivity contribution in [2.75, 3.05) is 0 Å². The molecule has 1 aliphatic carbocycles. The highest BCUT2D eigenvalue weighted by atomic mass is 31.0. The summed E-state index contributed by atoms with van der Waals surface area (Å²) in [6.45, 7) is 11.3. The molecule has 1 fully saturated rings. The average molecular weight is 210 g/mol.